The quantitative estimate of drug-likeness (QED) is 0.838. The Balaban J connectivity index is 2.06. The number of hydrogen-bond donors (Lipinski definition) is 2. The van der Waals surface area contributed by atoms with E-state index in [9.17, 15) is 4.79 Å². The Morgan fingerprint density at radius 1 is 1.47 bits per heavy atom. The van der Waals surface area contributed by atoms with Crippen LogP contribution in [0.3, 0.4) is 0 Å². The van der Waals surface area contributed by atoms with Gasteiger partial charge in [-0.1, -0.05) is 0 Å². The smallest absolute Gasteiger partial charge is 0.231 e. The zero-order valence-electron chi connectivity index (χ0n) is 11.6. The Labute approximate surface area is 118 Å². The van der Waals surface area contributed by atoms with Gasteiger partial charge in [-0.25, -0.2) is 4.98 Å². The predicted octanol–water partition coefficient (Wildman–Crippen LogP) is 0.799. The van der Waals surface area contributed by atoms with Crippen molar-refractivity contribution in [2.24, 2.45) is 5.73 Å². The Morgan fingerprint density at radius 3 is 2.68 bits per heavy atom. The number of carbonyl (C=O) groups is 1. The zero-order valence-corrected chi connectivity index (χ0v) is 12.4. The summed E-state index contributed by atoms with van der Waals surface area (Å²) < 4.78 is 0. The van der Waals surface area contributed by atoms with Crippen molar-refractivity contribution in [3.05, 3.63) is 15.6 Å². The summed E-state index contributed by atoms with van der Waals surface area (Å²) >= 11 is 1.71. The molecule has 1 fully saturated rings. The molecule has 19 heavy (non-hydrogen) atoms. The third-order valence-corrected chi connectivity index (χ3v) is 4.65. The van der Waals surface area contributed by atoms with E-state index in [1.54, 1.807) is 11.3 Å². The number of hydrogen-bond acceptors (Lipinski definition) is 5. The van der Waals surface area contributed by atoms with Crippen molar-refractivity contribution in [3.8, 4) is 0 Å². The molecule has 1 amide bonds. The van der Waals surface area contributed by atoms with Crippen LogP contribution in [0.5, 0.6) is 0 Å². The highest BCUT2D eigenvalue weighted by molar-refractivity contribution is 7.11. The average Bonchev–Trinajstić information content (AvgIpc) is 2.68. The number of nitrogens with zero attached hydrogens (tertiary/aromatic N) is 2. The summed E-state index contributed by atoms with van der Waals surface area (Å²) in [5.41, 5.74) is 6.46. The van der Waals surface area contributed by atoms with Gasteiger partial charge >= 0.3 is 0 Å². The van der Waals surface area contributed by atoms with E-state index in [0.717, 1.165) is 43.2 Å². The lowest BCUT2D eigenvalue weighted by molar-refractivity contribution is -0.120. The number of primary amides is 1. The molecule has 5 nitrogen and oxygen atoms in total. The van der Waals surface area contributed by atoms with E-state index in [4.69, 9.17) is 5.73 Å². The van der Waals surface area contributed by atoms with E-state index in [-0.39, 0.29) is 5.91 Å². The van der Waals surface area contributed by atoms with Gasteiger partial charge in [-0.15, -0.1) is 11.3 Å². The predicted molar refractivity (Wildman–Crippen MR) is 77.1 cm³/mol. The average molecular weight is 282 g/mol. The summed E-state index contributed by atoms with van der Waals surface area (Å²) in [6.07, 6.45) is 2.13. The van der Waals surface area contributed by atoms with Crippen LogP contribution in [0.15, 0.2) is 0 Å². The maximum absolute atomic E-state index is 11.3. The monoisotopic (exact) mass is 282 g/mol. The summed E-state index contributed by atoms with van der Waals surface area (Å²) in [6.45, 7) is 7.18. The first kappa shape index (κ1) is 14.4. The molecule has 1 aromatic heterocycles. The summed E-state index contributed by atoms with van der Waals surface area (Å²) in [6, 6.07) is 0.429. The van der Waals surface area contributed by atoms with Crippen LogP contribution in [0.25, 0.3) is 0 Å². The number of nitrogens with one attached hydrogen (secondary N) is 1. The molecule has 0 aliphatic carbocycles. The van der Waals surface area contributed by atoms with Gasteiger partial charge in [-0.05, 0) is 39.8 Å². The van der Waals surface area contributed by atoms with E-state index in [2.05, 4.69) is 22.1 Å². The lowest BCUT2D eigenvalue weighted by atomic mass is 10.0. The number of thiazole rings is 1. The zero-order chi connectivity index (χ0) is 13.8. The number of piperidine rings is 1. The molecule has 2 rings (SSSR count). The molecule has 1 aliphatic rings. The van der Waals surface area contributed by atoms with E-state index in [1.807, 2.05) is 6.92 Å². The van der Waals surface area contributed by atoms with Crippen LogP contribution in [-0.4, -0.2) is 41.5 Å². The van der Waals surface area contributed by atoms with Gasteiger partial charge in [0.25, 0.3) is 0 Å². The first-order valence-corrected chi connectivity index (χ1v) is 7.54. The summed E-state index contributed by atoms with van der Waals surface area (Å²) in [5.74, 6) is -0.261. The number of nitrogens with two attached hydrogens (primary N) is 1. The SMILES string of the molecule is Cc1nc(CN(CC(N)=O)C2CCNCC2)sc1C. The molecule has 1 aliphatic heterocycles. The second-order valence-electron chi connectivity index (χ2n) is 5.10. The topological polar surface area (TPSA) is 71.2 Å². The van der Waals surface area contributed by atoms with Crippen LogP contribution < -0.4 is 11.1 Å². The molecule has 6 heteroatoms. The second-order valence-corrected chi connectivity index (χ2v) is 6.39. The van der Waals surface area contributed by atoms with Crippen LogP contribution in [0.1, 0.15) is 28.4 Å². The first-order valence-electron chi connectivity index (χ1n) is 6.72. The third-order valence-electron chi connectivity index (χ3n) is 3.60. The van der Waals surface area contributed by atoms with Crippen molar-refractivity contribution in [2.75, 3.05) is 19.6 Å². The molecule has 0 bridgehead atoms. The summed E-state index contributed by atoms with van der Waals surface area (Å²) in [4.78, 5) is 19.3. The van der Waals surface area contributed by atoms with Gasteiger partial charge in [0.05, 0.1) is 18.8 Å². The van der Waals surface area contributed by atoms with E-state index in [1.165, 1.54) is 4.88 Å². The van der Waals surface area contributed by atoms with E-state index in [0.29, 0.717) is 12.6 Å². The minimum absolute atomic E-state index is 0.261. The van der Waals surface area contributed by atoms with E-state index < -0.39 is 0 Å². The van der Waals surface area contributed by atoms with Gasteiger partial charge in [0, 0.05) is 10.9 Å². The summed E-state index contributed by atoms with van der Waals surface area (Å²) in [7, 11) is 0. The highest BCUT2D eigenvalue weighted by Crippen LogP contribution is 2.21. The Hall–Kier alpha value is -0.980. The van der Waals surface area contributed by atoms with Crippen LogP contribution in [0.4, 0.5) is 0 Å². The molecule has 0 saturated carbocycles. The van der Waals surface area contributed by atoms with Crippen molar-refractivity contribution >= 4 is 17.2 Å². The van der Waals surface area contributed by atoms with Crippen molar-refractivity contribution in [2.45, 2.75) is 39.3 Å². The normalized spacial score (nSPS) is 17.0. The minimum atomic E-state index is -0.261. The van der Waals surface area contributed by atoms with Crippen LogP contribution in [0.2, 0.25) is 0 Å². The lowest BCUT2D eigenvalue weighted by Gasteiger charge is -2.33. The largest absolute Gasteiger partial charge is 0.369 e. The maximum atomic E-state index is 11.3. The summed E-state index contributed by atoms with van der Waals surface area (Å²) in [5, 5.41) is 4.42. The van der Waals surface area contributed by atoms with Gasteiger partial charge in [-0.3, -0.25) is 9.69 Å². The van der Waals surface area contributed by atoms with Gasteiger partial charge in [0.2, 0.25) is 5.91 Å². The molecule has 2 heterocycles. The Morgan fingerprint density at radius 2 is 2.16 bits per heavy atom. The molecule has 0 unspecified atom stereocenters. The molecular weight excluding hydrogens is 260 g/mol. The van der Waals surface area contributed by atoms with Crippen LogP contribution >= 0.6 is 11.3 Å². The Kier molecular flexibility index (Phi) is 4.90. The number of amides is 1. The highest BCUT2D eigenvalue weighted by Gasteiger charge is 2.23. The van der Waals surface area contributed by atoms with Crippen molar-refractivity contribution in [1.82, 2.24) is 15.2 Å². The van der Waals surface area contributed by atoms with Crippen molar-refractivity contribution in [3.63, 3.8) is 0 Å². The van der Waals surface area contributed by atoms with E-state index >= 15 is 0 Å². The minimum Gasteiger partial charge on any atom is -0.369 e. The van der Waals surface area contributed by atoms with Crippen molar-refractivity contribution in [1.29, 1.82) is 0 Å². The molecule has 1 aromatic rings. The molecule has 0 aromatic carbocycles. The maximum Gasteiger partial charge on any atom is 0.231 e. The van der Waals surface area contributed by atoms with Gasteiger partial charge < -0.3 is 11.1 Å². The van der Waals surface area contributed by atoms with Crippen LogP contribution in [0, 0.1) is 13.8 Å². The van der Waals surface area contributed by atoms with Crippen molar-refractivity contribution < 1.29 is 4.79 Å². The fourth-order valence-corrected chi connectivity index (χ4v) is 3.43. The molecule has 3 N–H and O–H groups in total. The fraction of sp³-hybridized carbons (Fsp3) is 0.692. The molecule has 106 valence electrons. The standard InChI is InChI=1S/C13H22N4OS/c1-9-10(2)19-13(16-9)8-17(7-12(14)18)11-3-5-15-6-4-11/h11,15H,3-8H2,1-2H3,(H2,14,18). The van der Waals surface area contributed by atoms with Gasteiger partial charge in [-0.2, -0.15) is 0 Å². The Bertz CT molecular complexity index is 420. The van der Waals surface area contributed by atoms with Gasteiger partial charge in [0.1, 0.15) is 5.01 Å². The lowest BCUT2D eigenvalue weighted by Crippen LogP contribution is -2.46. The number of rotatable bonds is 5. The second kappa shape index (κ2) is 6.45. The third kappa shape index (κ3) is 3.99. The molecule has 0 spiro atoms. The highest BCUT2D eigenvalue weighted by atomic mass is 32.1. The first-order chi connectivity index (χ1) is 9.06. The van der Waals surface area contributed by atoms with Gasteiger partial charge in [0.15, 0.2) is 0 Å². The molecule has 0 radical (unpaired) electrons. The molecule has 1 saturated heterocycles. The number of carbonyl (C=O) groups excluding carboxylic acids is 1. The molecular formula is C13H22N4OS. The fourth-order valence-electron chi connectivity index (χ4n) is 2.47. The number of aromatic nitrogens is 1. The number of aryl methyl sites for hydroxylation is 2. The molecule has 0 atom stereocenters. The van der Waals surface area contributed by atoms with Crippen LogP contribution in [-0.2, 0) is 11.3 Å².